The fraction of sp³-hybridized carbons (Fsp3) is 0.471. The van der Waals surface area contributed by atoms with Crippen LogP contribution in [-0.4, -0.2) is 16.2 Å². The molecule has 112 valence electrons. The third kappa shape index (κ3) is 2.75. The molecule has 4 heteroatoms. The van der Waals surface area contributed by atoms with E-state index in [0.29, 0.717) is 12.6 Å². The molecule has 0 radical (unpaired) electrons. The number of hydrogen-bond acceptors (Lipinski definition) is 3. The number of imidazole rings is 1. The summed E-state index contributed by atoms with van der Waals surface area (Å²) in [6.07, 6.45) is 4.52. The van der Waals surface area contributed by atoms with Crippen LogP contribution in [0.4, 0.5) is 5.82 Å². The van der Waals surface area contributed by atoms with Crippen molar-refractivity contribution in [1.82, 2.24) is 9.55 Å². The van der Waals surface area contributed by atoms with Crippen molar-refractivity contribution < 1.29 is 4.74 Å². The van der Waals surface area contributed by atoms with E-state index in [9.17, 15) is 0 Å². The molecular weight excluding hydrogens is 262 g/mol. The molecule has 1 heterocycles. The minimum absolute atomic E-state index is 0.565. The van der Waals surface area contributed by atoms with Crippen molar-refractivity contribution in [1.29, 1.82) is 0 Å². The van der Waals surface area contributed by atoms with Crippen LogP contribution in [-0.2, 0) is 6.42 Å². The number of nitrogen functional groups attached to an aromatic ring is 1. The van der Waals surface area contributed by atoms with Gasteiger partial charge >= 0.3 is 0 Å². The van der Waals surface area contributed by atoms with Crippen molar-refractivity contribution in [2.24, 2.45) is 0 Å². The number of anilines is 1. The highest BCUT2D eigenvalue weighted by Crippen LogP contribution is 2.41. The van der Waals surface area contributed by atoms with Gasteiger partial charge in [-0.15, -0.1) is 0 Å². The molecule has 0 atom stereocenters. The van der Waals surface area contributed by atoms with E-state index in [4.69, 9.17) is 15.5 Å². The van der Waals surface area contributed by atoms with Crippen molar-refractivity contribution in [3.05, 3.63) is 30.1 Å². The summed E-state index contributed by atoms with van der Waals surface area (Å²) in [7, 11) is 0. The van der Waals surface area contributed by atoms with Crippen LogP contribution in [0.5, 0.6) is 5.75 Å². The monoisotopic (exact) mass is 285 g/mol. The average molecular weight is 285 g/mol. The van der Waals surface area contributed by atoms with E-state index in [1.54, 1.807) is 0 Å². The second-order valence-corrected chi connectivity index (χ2v) is 5.57. The maximum Gasteiger partial charge on any atom is 0.131 e. The number of hydrogen-bond donors (Lipinski definition) is 1. The van der Waals surface area contributed by atoms with Crippen LogP contribution in [0.2, 0.25) is 0 Å². The third-order valence-electron chi connectivity index (χ3n) is 3.85. The molecule has 1 aliphatic rings. The summed E-state index contributed by atoms with van der Waals surface area (Å²) in [5.41, 5.74) is 8.35. The lowest BCUT2D eigenvalue weighted by Crippen LogP contribution is -2.05. The van der Waals surface area contributed by atoms with Crippen LogP contribution in [0.3, 0.4) is 0 Å². The summed E-state index contributed by atoms with van der Waals surface area (Å²) in [5, 5.41) is 0. The van der Waals surface area contributed by atoms with Gasteiger partial charge < -0.3 is 15.0 Å². The number of aryl methyl sites for hydroxylation is 1. The van der Waals surface area contributed by atoms with Crippen LogP contribution in [0.25, 0.3) is 11.3 Å². The summed E-state index contributed by atoms with van der Waals surface area (Å²) >= 11 is 0. The predicted molar refractivity (Wildman–Crippen MR) is 85.5 cm³/mol. The minimum Gasteiger partial charge on any atom is -0.494 e. The highest BCUT2D eigenvalue weighted by Gasteiger charge is 2.29. The second kappa shape index (κ2) is 5.80. The number of ether oxygens (including phenoxy) is 1. The van der Waals surface area contributed by atoms with E-state index in [1.165, 1.54) is 12.8 Å². The van der Waals surface area contributed by atoms with E-state index in [1.807, 2.05) is 31.2 Å². The Balaban J connectivity index is 1.95. The molecule has 0 saturated heterocycles. The van der Waals surface area contributed by atoms with Crippen molar-refractivity contribution >= 4 is 5.82 Å². The van der Waals surface area contributed by atoms with Gasteiger partial charge in [0.15, 0.2) is 0 Å². The molecule has 4 nitrogen and oxygen atoms in total. The summed E-state index contributed by atoms with van der Waals surface area (Å²) < 4.78 is 7.73. The van der Waals surface area contributed by atoms with Crippen molar-refractivity contribution in [2.45, 2.75) is 45.6 Å². The molecule has 1 fully saturated rings. The first kappa shape index (κ1) is 14.0. The molecule has 2 aromatic rings. The smallest absolute Gasteiger partial charge is 0.131 e. The van der Waals surface area contributed by atoms with Crippen LogP contribution in [0, 0.1) is 0 Å². The number of nitrogens with two attached hydrogens (primary N) is 1. The van der Waals surface area contributed by atoms with Crippen LogP contribution < -0.4 is 10.5 Å². The predicted octanol–water partition coefficient (Wildman–Crippen LogP) is 3.82. The quantitative estimate of drug-likeness (QED) is 0.878. The fourth-order valence-corrected chi connectivity index (χ4v) is 2.72. The first-order valence-corrected chi connectivity index (χ1v) is 7.84. The summed E-state index contributed by atoms with van der Waals surface area (Å²) in [6, 6.07) is 8.60. The molecule has 0 unspecified atom stereocenters. The molecular formula is C17H23N3O. The largest absolute Gasteiger partial charge is 0.494 e. The lowest BCUT2D eigenvalue weighted by atomic mass is 10.1. The van der Waals surface area contributed by atoms with E-state index in [-0.39, 0.29) is 0 Å². The van der Waals surface area contributed by atoms with E-state index in [2.05, 4.69) is 11.5 Å². The molecule has 1 aromatic heterocycles. The van der Waals surface area contributed by atoms with E-state index >= 15 is 0 Å². The Morgan fingerprint density at radius 1 is 1.24 bits per heavy atom. The van der Waals surface area contributed by atoms with Gasteiger partial charge in [-0.05, 0) is 50.5 Å². The maximum atomic E-state index is 6.37. The zero-order chi connectivity index (χ0) is 14.8. The van der Waals surface area contributed by atoms with Gasteiger partial charge in [0.2, 0.25) is 0 Å². The van der Waals surface area contributed by atoms with E-state index in [0.717, 1.165) is 41.5 Å². The van der Waals surface area contributed by atoms with Gasteiger partial charge in [-0.3, -0.25) is 0 Å². The van der Waals surface area contributed by atoms with Gasteiger partial charge in [0.25, 0.3) is 0 Å². The number of rotatable bonds is 6. The van der Waals surface area contributed by atoms with Crippen molar-refractivity contribution in [3.8, 4) is 17.0 Å². The number of benzene rings is 1. The first-order chi connectivity index (χ1) is 10.2. The molecule has 2 N–H and O–H groups in total. The Morgan fingerprint density at radius 2 is 1.95 bits per heavy atom. The van der Waals surface area contributed by atoms with Gasteiger partial charge in [-0.2, -0.15) is 0 Å². The van der Waals surface area contributed by atoms with Gasteiger partial charge in [0.1, 0.15) is 23.1 Å². The summed E-state index contributed by atoms with van der Waals surface area (Å²) in [6.45, 7) is 4.84. The zero-order valence-electron chi connectivity index (χ0n) is 12.8. The molecule has 0 spiro atoms. The second-order valence-electron chi connectivity index (χ2n) is 5.57. The standard InChI is InChI=1S/C17H23N3O/c1-3-5-15-19-16(17(18)20(15)13-8-9-13)12-6-10-14(11-7-12)21-4-2/h6-7,10-11,13H,3-5,8-9,18H2,1-2H3. The Morgan fingerprint density at radius 3 is 2.52 bits per heavy atom. The third-order valence-corrected chi connectivity index (χ3v) is 3.85. The highest BCUT2D eigenvalue weighted by molar-refractivity contribution is 5.71. The Hall–Kier alpha value is -1.97. The number of aromatic nitrogens is 2. The van der Waals surface area contributed by atoms with Gasteiger partial charge in [0.05, 0.1) is 6.61 Å². The molecule has 0 bridgehead atoms. The van der Waals surface area contributed by atoms with Gasteiger partial charge in [-0.1, -0.05) is 6.92 Å². The molecule has 21 heavy (non-hydrogen) atoms. The van der Waals surface area contributed by atoms with Crippen molar-refractivity contribution in [2.75, 3.05) is 12.3 Å². The summed E-state index contributed by atoms with van der Waals surface area (Å²) in [4.78, 5) is 4.80. The Kier molecular flexibility index (Phi) is 3.86. The topological polar surface area (TPSA) is 53.1 Å². The molecule has 3 rings (SSSR count). The average Bonchev–Trinajstić information content (AvgIpc) is 3.26. The van der Waals surface area contributed by atoms with Crippen LogP contribution in [0.1, 0.15) is 45.0 Å². The Bertz CT molecular complexity index is 612. The SMILES string of the molecule is CCCc1nc(-c2ccc(OCC)cc2)c(N)n1C1CC1. The summed E-state index contributed by atoms with van der Waals surface area (Å²) in [5.74, 6) is 2.82. The van der Waals surface area contributed by atoms with Crippen LogP contribution >= 0.6 is 0 Å². The molecule has 1 aliphatic carbocycles. The van der Waals surface area contributed by atoms with E-state index < -0.39 is 0 Å². The van der Waals surface area contributed by atoms with Gasteiger partial charge in [-0.25, -0.2) is 4.98 Å². The minimum atomic E-state index is 0.565. The molecule has 0 amide bonds. The zero-order valence-corrected chi connectivity index (χ0v) is 12.8. The maximum absolute atomic E-state index is 6.37. The lowest BCUT2D eigenvalue weighted by molar-refractivity contribution is 0.340. The van der Waals surface area contributed by atoms with Crippen molar-refractivity contribution in [3.63, 3.8) is 0 Å². The van der Waals surface area contributed by atoms with Gasteiger partial charge in [0, 0.05) is 18.0 Å². The number of nitrogens with zero attached hydrogens (tertiary/aromatic N) is 2. The fourth-order valence-electron chi connectivity index (χ4n) is 2.72. The highest BCUT2D eigenvalue weighted by atomic mass is 16.5. The molecule has 1 saturated carbocycles. The molecule has 0 aliphatic heterocycles. The molecule has 1 aromatic carbocycles. The first-order valence-electron chi connectivity index (χ1n) is 7.84. The van der Waals surface area contributed by atoms with Crippen LogP contribution in [0.15, 0.2) is 24.3 Å². The Labute approximate surface area is 125 Å². The lowest BCUT2D eigenvalue weighted by Gasteiger charge is -2.07. The normalized spacial score (nSPS) is 14.4.